The van der Waals surface area contributed by atoms with Crippen molar-refractivity contribution < 1.29 is 27.1 Å². The van der Waals surface area contributed by atoms with Crippen LogP contribution in [-0.4, -0.2) is 6.21 Å². The molecule has 0 spiro atoms. The van der Waals surface area contributed by atoms with Crippen LogP contribution in [0.5, 0.6) is 5.75 Å². The van der Waals surface area contributed by atoms with E-state index in [2.05, 4.69) is 4.99 Å². The molecule has 0 saturated carbocycles. The summed E-state index contributed by atoms with van der Waals surface area (Å²) in [7, 11) is 0. The molecule has 0 N–H and O–H groups in total. The third-order valence-electron chi connectivity index (χ3n) is 2.76. The molecule has 110 valence electrons. The van der Waals surface area contributed by atoms with E-state index < -0.39 is 40.5 Å². The first-order chi connectivity index (χ1) is 9.84. The Balaban J connectivity index is 2.54. The minimum atomic E-state index is -2.26. The van der Waals surface area contributed by atoms with Crippen LogP contribution in [0.1, 0.15) is 11.1 Å². The van der Waals surface area contributed by atoms with E-state index in [1.807, 2.05) is 0 Å². The lowest BCUT2D eigenvalue weighted by Gasteiger charge is -2.13. The standard InChI is InChI=1S/C14H8F5NO/c1-6-3-2-4-7(14(6)21)5-20-13-11(18)9(16)8(15)10(17)12(13)19/h2-5,21H,1H3/p-1. The van der Waals surface area contributed by atoms with Gasteiger partial charge in [-0.2, -0.15) is 0 Å². The van der Waals surface area contributed by atoms with Gasteiger partial charge in [-0.25, -0.2) is 26.9 Å². The van der Waals surface area contributed by atoms with Crippen molar-refractivity contribution in [3.05, 3.63) is 58.4 Å². The lowest BCUT2D eigenvalue weighted by molar-refractivity contribution is -0.269. The van der Waals surface area contributed by atoms with Crippen LogP contribution in [0, 0.1) is 36.0 Å². The number of benzene rings is 2. The largest absolute Gasteiger partial charge is 0.872 e. The Morgan fingerprint density at radius 3 is 2.00 bits per heavy atom. The number of aryl methyl sites for hydroxylation is 1. The van der Waals surface area contributed by atoms with Gasteiger partial charge in [-0.1, -0.05) is 29.5 Å². The van der Waals surface area contributed by atoms with Gasteiger partial charge >= 0.3 is 0 Å². The van der Waals surface area contributed by atoms with Crippen molar-refractivity contribution in [3.8, 4) is 5.75 Å². The SMILES string of the molecule is Cc1cccc(C=Nc2c(F)c(F)c(F)c(F)c2F)c1[O-]. The summed E-state index contributed by atoms with van der Waals surface area (Å²) in [5, 5.41) is 11.7. The number of halogens is 5. The molecular weight excluding hydrogens is 293 g/mol. The molecule has 2 aromatic carbocycles. The van der Waals surface area contributed by atoms with Gasteiger partial charge in [0.15, 0.2) is 23.3 Å². The first kappa shape index (κ1) is 15.0. The Kier molecular flexibility index (Phi) is 3.93. The molecule has 0 unspecified atom stereocenters. The topological polar surface area (TPSA) is 35.4 Å². The third kappa shape index (κ3) is 2.58. The molecule has 0 aliphatic carbocycles. The number of nitrogens with zero attached hydrogens (tertiary/aromatic N) is 1. The maximum Gasteiger partial charge on any atom is 0.200 e. The Morgan fingerprint density at radius 2 is 1.43 bits per heavy atom. The number of hydrogen-bond donors (Lipinski definition) is 0. The van der Waals surface area contributed by atoms with Crippen molar-refractivity contribution in [3.63, 3.8) is 0 Å². The monoisotopic (exact) mass is 300 g/mol. The van der Waals surface area contributed by atoms with Crippen LogP contribution in [0.2, 0.25) is 0 Å². The summed E-state index contributed by atoms with van der Waals surface area (Å²) >= 11 is 0. The summed E-state index contributed by atoms with van der Waals surface area (Å²) < 4.78 is 65.5. The van der Waals surface area contributed by atoms with E-state index in [1.165, 1.54) is 25.1 Å². The molecule has 0 heterocycles. The normalized spacial score (nSPS) is 11.3. The van der Waals surface area contributed by atoms with Crippen molar-refractivity contribution in [2.45, 2.75) is 6.92 Å². The molecule has 0 aromatic heterocycles. The Morgan fingerprint density at radius 1 is 0.905 bits per heavy atom. The zero-order valence-electron chi connectivity index (χ0n) is 10.6. The third-order valence-corrected chi connectivity index (χ3v) is 2.76. The molecule has 0 aliphatic heterocycles. The zero-order valence-corrected chi connectivity index (χ0v) is 10.6. The number of para-hydroxylation sites is 1. The highest BCUT2D eigenvalue weighted by molar-refractivity contribution is 5.85. The Hall–Kier alpha value is -2.44. The van der Waals surface area contributed by atoms with E-state index in [1.54, 1.807) is 0 Å². The smallest absolute Gasteiger partial charge is 0.200 e. The van der Waals surface area contributed by atoms with Crippen LogP contribution < -0.4 is 5.11 Å². The van der Waals surface area contributed by atoms with Gasteiger partial charge in [0.05, 0.1) is 0 Å². The van der Waals surface area contributed by atoms with Crippen LogP contribution in [0.3, 0.4) is 0 Å². The van der Waals surface area contributed by atoms with E-state index in [0.717, 1.165) is 6.21 Å². The van der Waals surface area contributed by atoms with Gasteiger partial charge in [-0.15, -0.1) is 0 Å². The van der Waals surface area contributed by atoms with Gasteiger partial charge in [-0.3, -0.25) is 0 Å². The summed E-state index contributed by atoms with van der Waals surface area (Å²) in [5.41, 5.74) is -1.01. The summed E-state index contributed by atoms with van der Waals surface area (Å²) in [6.07, 6.45) is 0.758. The zero-order chi connectivity index (χ0) is 15.7. The summed E-state index contributed by atoms with van der Waals surface area (Å²) in [5.74, 6) is -11.0. The number of aliphatic imine (C=N–C) groups is 1. The van der Waals surface area contributed by atoms with Crippen LogP contribution in [-0.2, 0) is 0 Å². The highest BCUT2D eigenvalue weighted by Crippen LogP contribution is 2.29. The number of hydrogen-bond acceptors (Lipinski definition) is 2. The fourth-order valence-corrected chi connectivity index (χ4v) is 1.62. The molecule has 0 bridgehead atoms. The highest BCUT2D eigenvalue weighted by Gasteiger charge is 2.25. The minimum Gasteiger partial charge on any atom is -0.872 e. The van der Waals surface area contributed by atoms with E-state index >= 15 is 0 Å². The van der Waals surface area contributed by atoms with E-state index in [9.17, 15) is 27.1 Å². The molecule has 0 saturated heterocycles. The second-order valence-electron chi connectivity index (χ2n) is 4.17. The molecule has 7 heteroatoms. The predicted molar refractivity (Wildman–Crippen MR) is 64.1 cm³/mol. The molecule has 0 radical (unpaired) electrons. The van der Waals surface area contributed by atoms with Crippen LogP contribution in [0.4, 0.5) is 27.6 Å². The minimum absolute atomic E-state index is 0.0288. The summed E-state index contributed by atoms with van der Waals surface area (Å²) in [6, 6.07) is 4.32. The van der Waals surface area contributed by atoms with E-state index in [-0.39, 0.29) is 5.56 Å². The molecule has 0 aliphatic rings. The van der Waals surface area contributed by atoms with Gasteiger partial charge < -0.3 is 5.11 Å². The molecule has 2 nitrogen and oxygen atoms in total. The van der Waals surface area contributed by atoms with Gasteiger partial charge in [0, 0.05) is 6.21 Å². The van der Waals surface area contributed by atoms with Gasteiger partial charge in [0.1, 0.15) is 5.69 Å². The fourth-order valence-electron chi connectivity index (χ4n) is 1.62. The van der Waals surface area contributed by atoms with E-state index in [4.69, 9.17) is 0 Å². The Labute approximate surface area is 116 Å². The molecule has 21 heavy (non-hydrogen) atoms. The quantitative estimate of drug-likeness (QED) is 0.362. The molecular formula is C14H7F5NO-. The van der Waals surface area contributed by atoms with Crippen molar-refractivity contribution >= 4 is 11.9 Å². The van der Waals surface area contributed by atoms with E-state index in [0.29, 0.717) is 5.56 Å². The maximum atomic E-state index is 13.4. The van der Waals surface area contributed by atoms with Crippen molar-refractivity contribution in [2.24, 2.45) is 4.99 Å². The predicted octanol–water partition coefficient (Wildman–Crippen LogP) is 3.51. The highest BCUT2D eigenvalue weighted by atomic mass is 19.2. The van der Waals surface area contributed by atoms with Crippen LogP contribution >= 0.6 is 0 Å². The molecule has 0 fully saturated rings. The maximum absolute atomic E-state index is 13.4. The number of rotatable bonds is 2. The second-order valence-corrected chi connectivity index (χ2v) is 4.17. The van der Waals surface area contributed by atoms with Gasteiger partial charge in [-0.05, 0) is 12.5 Å². The average Bonchev–Trinajstić information content (AvgIpc) is 2.47. The summed E-state index contributed by atoms with van der Waals surface area (Å²) in [4.78, 5) is 3.22. The molecule has 2 rings (SSSR count). The Bertz CT molecular complexity index is 714. The van der Waals surface area contributed by atoms with Crippen molar-refractivity contribution in [1.29, 1.82) is 0 Å². The van der Waals surface area contributed by atoms with Gasteiger partial charge in [0.2, 0.25) is 5.82 Å². The van der Waals surface area contributed by atoms with Crippen LogP contribution in [0.15, 0.2) is 23.2 Å². The molecule has 2 aromatic rings. The first-order valence-corrected chi connectivity index (χ1v) is 5.66. The second kappa shape index (κ2) is 5.51. The molecule has 0 amide bonds. The lowest BCUT2D eigenvalue weighted by atomic mass is 10.1. The lowest BCUT2D eigenvalue weighted by Crippen LogP contribution is -2.02. The average molecular weight is 300 g/mol. The van der Waals surface area contributed by atoms with Crippen LogP contribution in [0.25, 0.3) is 0 Å². The van der Waals surface area contributed by atoms with Gasteiger partial charge in [0.25, 0.3) is 0 Å². The molecule has 0 atom stereocenters. The fraction of sp³-hybridized carbons (Fsp3) is 0.0714. The van der Waals surface area contributed by atoms with Crippen molar-refractivity contribution in [2.75, 3.05) is 0 Å². The first-order valence-electron chi connectivity index (χ1n) is 5.66. The summed E-state index contributed by atoms with van der Waals surface area (Å²) in [6.45, 7) is 1.51. The van der Waals surface area contributed by atoms with Crippen molar-refractivity contribution in [1.82, 2.24) is 0 Å².